The lowest BCUT2D eigenvalue weighted by molar-refractivity contribution is 0.681. The summed E-state index contributed by atoms with van der Waals surface area (Å²) in [7, 11) is 0. The molecule has 1 saturated carbocycles. The molecule has 1 aromatic heterocycles. The molecule has 0 unspecified atom stereocenters. The predicted molar refractivity (Wildman–Crippen MR) is 68.2 cm³/mol. The maximum absolute atomic E-state index is 4.47. The molecule has 0 radical (unpaired) electrons. The summed E-state index contributed by atoms with van der Waals surface area (Å²) >= 11 is 0. The van der Waals surface area contributed by atoms with Crippen LogP contribution in [0.1, 0.15) is 24.1 Å². The molecule has 1 aromatic carbocycles. The van der Waals surface area contributed by atoms with Gasteiger partial charge in [-0.25, -0.2) is 4.68 Å². The van der Waals surface area contributed by atoms with E-state index in [1.54, 1.807) is 0 Å². The fourth-order valence-electron chi connectivity index (χ4n) is 1.97. The van der Waals surface area contributed by atoms with Crippen molar-refractivity contribution in [1.29, 1.82) is 0 Å². The van der Waals surface area contributed by atoms with Crippen LogP contribution in [0.15, 0.2) is 36.5 Å². The zero-order valence-electron chi connectivity index (χ0n) is 10.1. The van der Waals surface area contributed by atoms with E-state index >= 15 is 0 Å². The Morgan fingerprint density at radius 1 is 1.29 bits per heavy atom. The summed E-state index contributed by atoms with van der Waals surface area (Å²) in [5, 5.41) is 8.02. The molecule has 0 spiro atoms. The minimum absolute atomic E-state index is 0.738. The number of benzene rings is 1. The van der Waals surface area contributed by atoms with Gasteiger partial charge in [0.15, 0.2) is 0 Å². The molecule has 0 aliphatic heterocycles. The van der Waals surface area contributed by atoms with Gasteiger partial charge in [0.25, 0.3) is 0 Å². The second kappa shape index (κ2) is 4.34. The Morgan fingerprint density at radius 3 is 2.82 bits per heavy atom. The molecule has 17 heavy (non-hydrogen) atoms. The molecule has 2 aromatic rings. The summed E-state index contributed by atoms with van der Waals surface area (Å²) in [5.74, 6) is 0. The van der Waals surface area contributed by atoms with Crippen molar-refractivity contribution < 1.29 is 0 Å². The van der Waals surface area contributed by atoms with E-state index in [1.807, 2.05) is 23.9 Å². The summed E-state index contributed by atoms with van der Waals surface area (Å²) in [4.78, 5) is 0. The second-order valence-corrected chi connectivity index (χ2v) is 4.69. The number of hydrogen-bond acceptors (Lipinski definition) is 2. The van der Waals surface area contributed by atoms with E-state index in [1.165, 1.54) is 24.1 Å². The normalized spacial score (nSPS) is 15.1. The molecule has 3 rings (SSSR count). The van der Waals surface area contributed by atoms with Crippen LogP contribution in [0.25, 0.3) is 5.69 Å². The van der Waals surface area contributed by atoms with E-state index in [-0.39, 0.29) is 0 Å². The van der Waals surface area contributed by atoms with E-state index < -0.39 is 0 Å². The third-order valence-electron chi connectivity index (χ3n) is 3.12. The Kier molecular flexibility index (Phi) is 2.69. The number of hydrogen-bond donors (Lipinski definition) is 1. The van der Waals surface area contributed by atoms with Crippen LogP contribution in [0, 0.1) is 6.92 Å². The fourth-order valence-corrected chi connectivity index (χ4v) is 1.97. The molecular formula is C14H17N3. The van der Waals surface area contributed by atoms with Crippen LogP contribution in [-0.2, 0) is 6.54 Å². The van der Waals surface area contributed by atoms with Gasteiger partial charge in [-0.3, -0.25) is 0 Å². The molecule has 3 heteroatoms. The zero-order chi connectivity index (χ0) is 11.7. The monoisotopic (exact) mass is 227 g/mol. The highest BCUT2D eigenvalue weighted by Crippen LogP contribution is 2.21. The summed E-state index contributed by atoms with van der Waals surface area (Å²) < 4.78 is 1.96. The van der Waals surface area contributed by atoms with Crippen LogP contribution in [0.5, 0.6) is 0 Å². The molecule has 0 atom stereocenters. The molecule has 1 N–H and O–H groups in total. The number of aromatic nitrogens is 2. The standard InChI is InChI=1S/C14H17N3/c1-11-8-9-17(16-11)14-5-3-2-4-12(14)10-15-13-6-7-13/h2-5,8-9,13,15H,6-7,10H2,1H3. The Hall–Kier alpha value is -1.61. The first-order valence-corrected chi connectivity index (χ1v) is 6.17. The minimum Gasteiger partial charge on any atom is -0.310 e. The predicted octanol–water partition coefficient (Wildman–Crippen LogP) is 2.43. The Bertz CT molecular complexity index is 512. The van der Waals surface area contributed by atoms with Gasteiger partial charge in [0.1, 0.15) is 0 Å². The largest absolute Gasteiger partial charge is 0.310 e. The van der Waals surface area contributed by atoms with Gasteiger partial charge in [0.05, 0.1) is 11.4 Å². The topological polar surface area (TPSA) is 29.9 Å². The van der Waals surface area contributed by atoms with Crippen molar-refractivity contribution in [3.63, 3.8) is 0 Å². The van der Waals surface area contributed by atoms with Gasteiger partial charge in [-0.1, -0.05) is 18.2 Å². The second-order valence-electron chi connectivity index (χ2n) is 4.69. The number of rotatable bonds is 4. The number of nitrogens with zero attached hydrogens (tertiary/aromatic N) is 2. The van der Waals surface area contributed by atoms with Crippen molar-refractivity contribution in [2.75, 3.05) is 0 Å². The minimum atomic E-state index is 0.738. The average molecular weight is 227 g/mol. The summed E-state index contributed by atoms with van der Waals surface area (Å²) in [6, 6.07) is 11.2. The van der Waals surface area contributed by atoms with Crippen LogP contribution in [0.3, 0.4) is 0 Å². The lowest BCUT2D eigenvalue weighted by Crippen LogP contribution is -2.16. The van der Waals surface area contributed by atoms with Crippen LogP contribution >= 0.6 is 0 Å². The van der Waals surface area contributed by atoms with Crippen LogP contribution in [-0.4, -0.2) is 15.8 Å². The SMILES string of the molecule is Cc1ccn(-c2ccccc2CNC2CC2)n1. The summed E-state index contributed by atoms with van der Waals surface area (Å²) in [6.07, 6.45) is 4.66. The maximum atomic E-state index is 4.47. The Morgan fingerprint density at radius 2 is 2.12 bits per heavy atom. The first-order valence-electron chi connectivity index (χ1n) is 6.17. The van der Waals surface area contributed by atoms with Gasteiger partial charge in [0.2, 0.25) is 0 Å². The highest BCUT2D eigenvalue weighted by Gasteiger charge is 2.20. The molecule has 1 fully saturated rings. The van der Waals surface area contributed by atoms with Gasteiger partial charge in [-0.05, 0) is 37.5 Å². The first kappa shape index (κ1) is 10.5. The number of para-hydroxylation sites is 1. The average Bonchev–Trinajstić information content (AvgIpc) is 3.08. The Balaban J connectivity index is 1.86. The molecule has 0 saturated heterocycles. The lowest BCUT2D eigenvalue weighted by Gasteiger charge is -2.10. The zero-order valence-corrected chi connectivity index (χ0v) is 10.1. The van der Waals surface area contributed by atoms with Gasteiger partial charge < -0.3 is 5.32 Å². The van der Waals surface area contributed by atoms with Crippen molar-refractivity contribution in [2.24, 2.45) is 0 Å². The van der Waals surface area contributed by atoms with E-state index in [0.29, 0.717) is 0 Å². The van der Waals surface area contributed by atoms with Gasteiger partial charge in [-0.15, -0.1) is 0 Å². The van der Waals surface area contributed by atoms with E-state index in [0.717, 1.165) is 18.3 Å². The van der Waals surface area contributed by atoms with Crippen molar-refractivity contribution in [1.82, 2.24) is 15.1 Å². The molecule has 1 aliphatic carbocycles. The van der Waals surface area contributed by atoms with Gasteiger partial charge in [-0.2, -0.15) is 5.10 Å². The van der Waals surface area contributed by atoms with Crippen molar-refractivity contribution in [2.45, 2.75) is 32.4 Å². The molecule has 3 nitrogen and oxygen atoms in total. The third kappa shape index (κ3) is 2.39. The van der Waals surface area contributed by atoms with E-state index in [4.69, 9.17) is 0 Å². The van der Waals surface area contributed by atoms with E-state index in [9.17, 15) is 0 Å². The van der Waals surface area contributed by atoms with Gasteiger partial charge >= 0.3 is 0 Å². The molecular weight excluding hydrogens is 210 g/mol. The van der Waals surface area contributed by atoms with Crippen LogP contribution < -0.4 is 5.32 Å². The highest BCUT2D eigenvalue weighted by atomic mass is 15.3. The maximum Gasteiger partial charge on any atom is 0.0690 e. The molecule has 88 valence electrons. The van der Waals surface area contributed by atoms with Crippen molar-refractivity contribution >= 4 is 0 Å². The fraction of sp³-hybridized carbons (Fsp3) is 0.357. The molecule has 1 aliphatic rings. The quantitative estimate of drug-likeness (QED) is 0.869. The van der Waals surface area contributed by atoms with E-state index in [2.05, 4.69) is 34.7 Å². The van der Waals surface area contributed by atoms with Gasteiger partial charge in [0, 0.05) is 18.8 Å². The third-order valence-corrected chi connectivity index (χ3v) is 3.12. The number of aryl methyl sites for hydroxylation is 1. The first-order chi connectivity index (χ1) is 8.33. The molecule has 0 bridgehead atoms. The smallest absolute Gasteiger partial charge is 0.0690 e. The molecule has 1 heterocycles. The summed E-state index contributed by atoms with van der Waals surface area (Å²) in [5.41, 5.74) is 3.53. The molecule has 0 amide bonds. The highest BCUT2D eigenvalue weighted by molar-refractivity contribution is 5.40. The van der Waals surface area contributed by atoms with Crippen LogP contribution in [0.4, 0.5) is 0 Å². The number of nitrogens with one attached hydrogen (secondary N) is 1. The van der Waals surface area contributed by atoms with Crippen molar-refractivity contribution in [3.8, 4) is 5.69 Å². The Labute approximate surface area is 101 Å². The lowest BCUT2D eigenvalue weighted by atomic mass is 10.2. The van der Waals surface area contributed by atoms with Crippen molar-refractivity contribution in [3.05, 3.63) is 47.8 Å². The van der Waals surface area contributed by atoms with Crippen LogP contribution in [0.2, 0.25) is 0 Å². The summed E-state index contributed by atoms with van der Waals surface area (Å²) in [6.45, 7) is 2.95.